The van der Waals surface area contributed by atoms with Gasteiger partial charge in [-0.25, -0.2) is 0 Å². The molecule has 0 bridgehead atoms. The summed E-state index contributed by atoms with van der Waals surface area (Å²) in [7, 11) is 3.41. The smallest absolute Gasteiger partial charge is 0.224 e. The molecule has 62 valence electrons. The molecule has 0 spiro atoms. The van der Waals surface area contributed by atoms with Gasteiger partial charge in [-0.2, -0.15) is 0 Å². The van der Waals surface area contributed by atoms with Crippen LogP contribution in [0.1, 0.15) is 12.8 Å². The van der Waals surface area contributed by atoms with Crippen molar-refractivity contribution in [2.45, 2.75) is 12.8 Å². The molecule has 1 saturated heterocycles. The van der Waals surface area contributed by atoms with Crippen molar-refractivity contribution in [2.75, 3.05) is 20.8 Å². The predicted molar refractivity (Wildman–Crippen MR) is 39.6 cm³/mol. The van der Waals surface area contributed by atoms with Crippen LogP contribution in [-0.2, 0) is 9.59 Å². The third-order valence-corrected chi connectivity index (χ3v) is 1.83. The van der Waals surface area contributed by atoms with Crippen LogP contribution in [0.15, 0.2) is 0 Å². The maximum absolute atomic E-state index is 11.1. The molecule has 0 radical (unpaired) electrons. The standard InChI is InChI=1S/C7H12N2O2/c1-8-5-9(2)7(11)4-3-6(8)10/h3-5H2,1-2H3. The molecule has 0 unspecified atom stereocenters. The summed E-state index contributed by atoms with van der Waals surface area (Å²) in [6.45, 7) is 0.414. The molecule has 0 saturated carbocycles. The number of hydrogen-bond acceptors (Lipinski definition) is 2. The van der Waals surface area contributed by atoms with Crippen LogP contribution < -0.4 is 0 Å². The van der Waals surface area contributed by atoms with Gasteiger partial charge in [0.1, 0.15) is 0 Å². The molecule has 0 aromatic carbocycles. The summed E-state index contributed by atoms with van der Waals surface area (Å²) in [5.41, 5.74) is 0. The Kier molecular flexibility index (Phi) is 2.12. The van der Waals surface area contributed by atoms with E-state index >= 15 is 0 Å². The fourth-order valence-corrected chi connectivity index (χ4v) is 1.07. The molecule has 1 fully saturated rings. The average Bonchev–Trinajstić information content (AvgIpc) is 2.05. The monoisotopic (exact) mass is 156 g/mol. The number of rotatable bonds is 0. The van der Waals surface area contributed by atoms with Gasteiger partial charge < -0.3 is 9.80 Å². The zero-order valence-corrected chi connectivity index (χ0v) is 6.83. The second-order valence-corrected chi connectivity index (χ2v) is 2.82. The lowest BCUT2D eigenvalue weighted by Gasteiger charge is -2.19. The van der Waals surface area contributed by atoms with E-state index in [4.69, 9.17) is 0 Å². The molecule has 1 aliphatic rings. The van der Waals surface area contributed by atoms with Crippen LogP contribution in [0.3, 0.4) is 0 Å². The van der Waals surface area contributed by atoms with Crippen molar-refractivity contribution in [3.63, 3.8) is 0 Å². The van der Waals surface area contributed by atoms with Crippen LogP contribution in [0, 0.1) is 0 Å². The van der Waals surface area contributed by atoms with Gasteiger partial charge in [0, 0.05) is 26.9 Å². The molecule has 0 aromatic heterocycles. The zero-order valence-electron chi connectivity index (χ0n) is 6.83. The molecule has 0 aliphatic carbocycles. The Morgan fingerprint density at radius 2 is 1.36 bits per heavy atom. The molecular formula is C7H12N2O2. The molecule has 0 atom stereocenters. The predicted octanol–water partition coefficient (Wildman–Crippen LogP) is -0.346. The summed E-state index contributed by atoms with van der Waals surface area (Å²) < 4.78 is 0. The number of amides is 2. The molecular weight excluding hydrogens is 144 g/mol. The van der Waals surface area contributed by atoms with Crippen LogP contribution in [0.25, 0.3) is 0 Å². The molecule has 1 heterocycles. The fourth-order valence-electron chi connectivity index (χ4n) is 1.07. The van der Waals surface area contributed by atoms with E-state index in [2.05, 4.69) is 0 Å². The van der Waals surface area contributed by atoms with Crippen molar-refractivity contribution >= 4 is 11.8 Å². The van der Waals surface area contributed by atoms with Crippen molar-refractivity contribution < 1.29 is 9.59 Å². The third kappa shape index (κ3) is 1.69. The minimum atomic E-state index is 0.0442. The van der Waals surface area contributed by atoms with Gasteiger partial charge >= 0.3 is 0 Å². The van der Waals surface area contributed by atoms with E-state index in [-0.39, 0.29) is 11.8 Å². The van der Waals surface area contributed by atoms with E-state index < -0.39 is 0 Å². The van der Waals surface area contributed by atoms with Crippen molar-refractivity contribution in [3.8, 4) is 0 Å². The molecule has 11 heavy (non-hydrogen) atoms. The molecule has 1 rings (SSSR count). The van der Waals surface area contributed by atoms with Gasteiger partial charge in [-0.05, 0) is 0 Å². The van der Waals surface area contributed by atoms with Crippen molar-refractivity contribution in [1.29, 1.82) is 0 Å². The SMILES string of the molecule is CN1CN(C)C(=O)CCC1=O. The Hall–Kier alpha value is -1.06. The molecule has 4 heteroatoms. The fraction of sp³-hybridized carbons (Fsp3) is 0.714. The maximum Gasteiger partial charge on any atom is 0.224 e. The minimum Gasteiger partial charge on any atom is -0.328 e. The Bertz CT molecular complexity index is 171. The Labute approximate surface area is 65.8 Å². The highest BCUT2D eigenvalue weighted by Gasteiger charge is 2.20. The van der Waals surface area contributed by atoms with Crippen molar-refractivity contribution in [2.24, 2.45) is 0 Å². The van der Waals surface area contributed by atoms with E-state index in [0.29, 0.717) is 19.5 Å². The Morgan fingerprint density at radius 1 is 1.00 bits per heavy atom. The Balaban J connectivity index is 2.66. The lowest BCUT2D eigenvalue weighted by Crippen LogP contribution is -2.35. The molecule has 2 amide bonds. The van der Waals surface area contributed by atoms with Gasteiger partial charge in [0.25, 0.3) is 0 Å². The topological polar surface area (TPSA) is 40.6 Å². The highest BCUT2D eigenvalue weighted by molar-refractivity contribution is 5.85. The first-order valence-electron chi connectivity index (χ1n) is 3.59. The van der Waals surface area contributed by atoms with E-state index in [1.165, 1.54) is 0 Å². The summed E-state index contributed by atoms with van der Waals surface area (Å²) in [5.74, 6) is 0.0883. The number of carbonyl (C=O) groups is 2. The van der Waals surface area contributed by atoms with Crippen LogP contribution in [0.5, 0.6) is 0 Å². The van der Waals surface area contributed by atoms with Gasteiger partial charge in [0.2, 0.25) is 11.8 Å². The average molecular weight is 156 g/mol. The summed E-state index contributed by atoms with van der Waals surface area (Å²) in [6.07, 6.45) is 0.694. The highest BCUT2D eigenvalue weighted by atomic mass is 16.2. The van der Waals surface area contributed by atoms with Crippen LogP contribution in [-0.4, -0.2) is 42.4 Å². The molecule has 1 aliphatic heterocycles. The van der Waals surface area contributed by atoms with Gasteiger partial charge in [0.15, 0.2) is 0 Å². The normalized spacial score (nSPS) is 20.5. The largest absolute Gasteiger partial charge is 0.328 e. The van der Waals surface area contributed by atoms with Crippen LogP contribution in [0.2, 0.25) is 0 Å². The zero-order chi connectivity index (χ0) is 8.43. The Morgan fingerprint density at radius 3 is 1.73 bits per heavy atom. The molecule has 0 aromatic rings. The van der Waals surface area contributed by atoms with E-state index in [1.54, 1.807) is 23.9 Å². The van der Waals surface area contributed by atoms with Crippen LogP contribution in [0.4, 0.5) is 0 Å². The number of nitrogens with zero attached hydrogens (tertiary/aromatic N) is 2. The highest BCUT2D eigenvalue weighted by Crippen LogP contribution is 2.05. The second kappa shape index (κ2) is 2.90. The first-order valence-corrected chi connectivity index (χ1v) is 3.59. The van der Waals surface area contributed by atoms with E-state index in [1.807, 2.05) is 0 Å². The third-order valence-electron chi connectivity index (χ3n) is 1.83. The van der Waals surface area contributed by atoms with Gasteiger partial charge in [0.05, 0.1) is 6.67 Å². The van der Waals surface area contributed by atoms with Gasteiger partial charge in [-0.3, -0.25) is 9.59 Å². The van der Waals surface area contributed by atoms with E-state index in [9.17, 15) is 9.59 Å². The van der Waals surface area contributed by atoms with Crippen LogP contribution >= 0.6 is 0 Å². The molecule has 4 nitrogen and oxygen atoms in total. The first-order chi connectivity index (χ1) is 5.11. The minimum absolute atomic E-state index is 0.0442. The van der Waals surface area contributed by atoms with Crippen molar-refractivity contribution in [3.05, 3.63) is 0 Å². The quantitative estimate of drug-likeness (QED) is 0.481. The summed E-state index contributed by atoms with van der Waals surface area (Å²) >= 11 is 0. The molecule has 0 N–H and O–H groups in total. The summed E-state index contributed by atoms with van der Waals surface area (Å²) in [5, 5.41) is 0. The summed E-state index contributed by atoms with van der Waals surface area (Å²) in [6, 6.07) is 0. The maximum atomic E-state index is 11.1. The number of hydrogen-bond donors (Lipinski definition) is 0. The van der Waals surface area contributed by atoms with Crippen molar-refractivity contribution in [1.82, 2.24) is 9.80 Å². The number of carbonyl (C=O) groups excluding carboxylic acids is 2. The van der Waals surface area contributed by atoms with Gasteiger partial charge in [-0.15, -0.1) is 0 Å². The van der Waals surface area contributed by atoms with Gasteiger partial charge in [-0.1, -0.05) is 0 Å². The summed E-state index contributed by atoms with van der Waals surface area (Å²) in [4.78, 5) is 25.2. The van der Waals surface area contributed by atoms with E-state index in [0.717, 1.165) is 0 Å². The lowest BCUT2D eigenvalue weighted by atomic mass is 10.3. The second-order valence-electron chi connectivity index (χ2n) is 2.82. The lowest BCUT2D eigenvalue weighted by molar-refractivity contribution is -0.131. The first kappa shape index (κ1) is 8.04.